The number of hydrogen-bond donors (Lipinski definition) is 0. The lowest BCUT2D eigenvalue weighted by Gasteiger charge is -2.31. The molecular weight excluding hydrogens is 615 g/mol. The van der Waals surface area contributed by atoms with Crippen molar-refractivity contribution < 1.29 is 31.8 Å². The molecule has 3 fully saturated rings. The minimum Gasteiger partial charge on any atom is -0.379 e. The van der Waals surface area contributed by atoms with Crippen LogP contribution in [0, 0.1) is 30.6 Å². The Bertz CT molecular complexity index is 1730. The first-order valence-corrected chi connectivity index (χ1v) is 15.9. The van der Waals surface area contributed by atoms with E-state index < -0.39 is 52.0 Å². The molecule has 0 N–H and O–H groups in total. The van der Waals surface area contributed by atoms with E-state index >= 15 is 0 Å². The summed E-state index contributed by atoms with van der Waals surface area (Å²) in [6, 6.07) is 15.7. The number of benzene rings is 3. The van der Waals surface area contributed by atoms with E-state index in [-0.39, 0.29) is 43.7 Å². The van der Waals surface area contributed by atoms with Crippen molar-refractivity contribution in [2.75, 3.05) is 6.54 Å². The number of fused-ring (bicyclic) bond motifs is 5. The number of halogens is 2. The molecule has 2 aliphatic carbocycles. The molecular formula is C31H26Cl2N2O7S. The van der Waals surface area contributed by atoms with Crippen LogP contribution in [0.5, 0.6) is 5.75 Å². The van der Waals surface area contributed by atoms with E-state index in [1.807, 2.05) is 6.92 Å². The average Bonchev–Trinajstić information content (AvgIpc) is 3.67. The van der Waals surface area contributed by atoms with Crippen molar-refractivity contribution in [3.63, 3.8) is 0 Å². The second-order valence-corrected chi connectivity index (χ2v) is 13.5. The van der Waals surface area contributed by atoms with Crippen LogP contribution in [0.25, 0.3) is 0 Å². The Morgan fingerprint density at radius 3 is 2.02 bits per heavy atom. The molecule has 12 heteroatoms. The van der Waals surface area contributed by atoms with Gasteiger partial charge in [0.2, 0.25) is 0 Å². The molecule has 222 valence electrons. The van der Waals surface area contributed by atoms with Gasteiger partial charge in [-0.15, -0.1) is 0 Å². The molecule has 3 aromatic carbocycles. The van der Waals surface area contributed by atoms with Gasteiger partial charge in [-0.25, -0.2) is 5.01 Å². The lowest BCUT2D eigenvalue weighted by molar-refractivity contribution is -0.155. The Hall–Kier alpha value is -3.73. The number of hydrazine groups is 1. The summed E-state index contributed by atoms with van der Waals surface area (Å²) in [7, 11) is -4.11. The second-order valence-electron chi connectivity index (χ2n) is 11.2. The third kappa shape index (κ3) is 5.32. The molecule has 0 aromatic heterocycles. The maximum Gasteiger partial charge on any atom is 0.339 e. The highest BCUT2D eigenvalue weighted by molar-refractivity contribution is 7.87. The highest BCUT2D eigenvalue weighted by Gasteiger charge is 2.62. The summed E-state index contributed by atoms with van der Waals surface area (Å²) in [6.07, 6.45) is 2.52. The lowest BCUT2D eigenvalue weighted by Crippen LogP contribution is -2.52. The Morgan fingerprint density at radius 2 is 1.44 bits per heavy atom. The topological polar surface area (TPSA) is 118 Å². The molecule has 0 unspecified atom stereocenters. The van der Waals surface area contributed by atoms with Crippen LogP contribution in [0.4, 0.5) is 0 Å². The second kappa shape index (κ2) is 11.1. The number of hydrogen-bond acceptors (Lipinski definition) is 7. The zero-order valence-electron chi connectivity index (χ0n) is 22.9. The van der Waals surface area contributed by atoms with Crippen molar-refractivity contribution in [2.24, 2.45) is 23.7 Å². The zero-order valence-corrected chi connectivity index (χ0v) is 25.2. The van der Waals surface area contributed by atoms with E-state index in [0.717, 1.165) is 34.8 Å². The molecule has 1 heterocycles. The number of imide groups is 1. The normalized spacial score (nSPS) is 22.5. The Morgan fingerprint density at radius 1 is 0.860 bits per heavy atom. The highest BCUT2D eigenvalue weighted by Crippen LogP contribution is 2.56. The van der Waals surface area contributed by atoms with Crippen molar-refractivity contribution in [1.29, 1.82) is 0 Å². The van der Waals surface area contributed by atoms with Gasteiger partial charge in [0, 0.05) is 11.1 Å². The van der Waals surface area contributed by atoms with Crippen LogP contribution in [-0.2, 0) is 19.7 Å². The predicted molar refractivity (Wildman–Crippen MR) is 157 cm³/mol. The molecule has 2 saturated carbocycles. The number of carbonyl (C=O) groups excluding carboxylic acids is 4. The van der Waals surface area contributed by atoms with E-state index in [9.17, 15) is 27.6 Å². The van der Waals surface area contributed by atoms with Crippen LogP contribution in [0.15, 0.2) is 71.6 Å². The van der Waals surface area contributed by atoms with Crippen LogP contribution >= 0.6 is 23.2 Å². The molecule has 6 rings (SSSR count). The van der Waals surface area contributed by atoms with Gasteiger partial charge in [-0.05, 0) is 92.6 Å². The largest absolute Gasteiger partial charge is 0.379 e. The van der Waals surface area contributed by atoms with E-state index in [1.54, 1.807) is 12.1 Å². The smallest absolute Gasteiger partial charge is 0.339 e. The summed E-state index contributed by atoms with van der Waals surface area (Å²) in [5, 5.41) is 2.04. The van der Waals surface area contributed by atoms with Gasteiger partial charge < -0.3 is 4.18 Å². The molecule has 2 bridgehead atoms. The predicted octanol–water partition coefficient (Wildman–Crippen LogP) is 5.34. The van der Waals surface area contributed by atoms with Crippen molar-refractivity contribution >= 4 is 56.8 Å². The highest BCUT2D eigenvalue weighted by atomic mass is 35.5. The molecule has 3 amide bonds. The molecule has 9 nitrogen and oxygen atoms in total. The van der Waals surface area contributed by atoms with Crippen LogP contribution in [-0.4, -0.2) is 48.5 Å². The average molecular weight is 642 g/mol. The van der Waals surface area contributed by atoms with Crippen LogP contribution < -0.4 is 4.18 Å². The Balaban J connectivity index is 1.26. The van der Waals surface area contributed by atoms with E-state index in [0.29, 0.717) is 0 Å². The van der Waals surface area contributed by atoms with E-state index in [1.165, 1.54) is 54.6 Å². The first kappa shape index (κ1) is 29.3. The van der Waals surface area contributed by atoms with E-state index in [4.69, 9.17) is 27.4 Å². The Labute approximate surface area is 258 Å². The van der Waals surface area contributed by atoms with Crippen molar-refractivity contribution in [3.8, 4) is 5.75 Å². The third-order valence-electron chi connectivity index (χ3n) is 8.53. The van der Waals surface area contributed by atoms with Gasteiger partial charge in [-0.1, -0.05) is 40.9 Å². The number of amides is 3. The minimum absolute atomic E-state index is 0.0194. The number of carbonyl (C=O) groups is 4. The van der Waals surface area contributed by atoms with Gasteiger partial charge in [0.05, 0.1) is 21.9 Å². The number of ketones is 1. The van der Waals surface area contributed by atoms with Gasteiger partial charge in [0.1, 0.15) is 17.2 Å². The number of nitrogens with zero attached hydrogens (tertiary/aromatic N) is 2. The minimum atomic E-state index is -4.11. The standard InChI is InChI=1S/C31H26Cl2N2O7S/c1-17-2-11-23(12-3-17)43(40,41)42-22-9-6-18(7-10-22)26(36)16-34(29(37)21-8-13-24(32)25(33)15-21)35-30(38)27-19-4-5-20(14-19)28(27)31(35)39/h2-3,6-13,15,19-20,27-28H,4-5,14,16H2,1H3/t19-,20-,27-,28+/m0/s1. The summed E-state index contributed by atoms with van der Waals surface area (Å²) < 4.78 is 30.5. The fourth-order valence-electron chi connectivity index (χ4n) is 6.45. The zero-order chi connectivity index (χ0) is 30.6. The molecule has 3 aromatic rings. The molecule has 4 atom stereocenters. The molecule has 3 aliphatic rings. The molecule has 1 saturated heterocycles. The molecule has 0 radical (unpaired) electrons. The number of rotatable bonds is 8. The number of aryl methyl sites for hydroxylation is 1. The summed E-state index contributed by atoms with van der Waals surface area (Å²) in [4.78, 5) is 54.4. The summed E-state index contributed by atoms with van der Waals surface area (Å²) in [5.41, 5.74) is 1.06. The van der Waals surface area contributed by atoms with Crippen LogP contribution in [0.2, 0.25) is 10.0 Å². The summed E-state index contributed by atoms with van der Waals surface area (Å²) in [5.74, 6) is -3.16. The monoisotopic (exact) mass is 640 g/mol. The molecule has 43 heavy (non-hydrogen) atoms. The van der Waals surface area contributed by atoms with E-state index in [2.05, 4.69) is 0 Å². The van der Waals surface area contributed by atoms with Gasteiger partial charge in [-0.2, -0.15) is 13.4 Å². The summed E-state index contributed by atoms with van der Waals surface area (Å²) >= 11 is 12.2. The fraction of sp³-hybridized carbons (Fsp3) is 0.290. The van der Waals surface area contributed by atoms with Gasteiger partial charge in [-0.3, -0.25) is 19.2 Å². The molecule has 1 aliphatic heterocycles. The maximum absolute atomic E-state index is 13.8. The summed E-state index contributed by atoms with van der Waals surface area (Å²) in [6.45, 7) is 1.21. The third-order valence-corrected chi connectivity index (χ3v) is 10.5. The number of Topliss-reactive ketones (excluding diaryl/α,β-unsaturated/α-hetero) is 1. The SMILES string of the molecule is Cc1ccc(S(=O)(=O)Oc2ccc(C(=O)CN(C(=O)c3ccc(Cl)c(Cl)c3)N3C(=O)[C@@H]4[C@H]5CC[C@@H](C5)[C@@H]4C3=O)cc2)cc1. The van der Waals surface area contributed by atoms with Gasteiger partial charge >= 0.3 is 10.1 Å². The maximum atomic E-state index is 13.8. The quantitative estimate of drug-likeness (QED) is 0.185. The van der Waals surface area contributed by atoms with Gasteiger partial charge in [0.15, 0.2) is 5.78 Å². The van der Waals surface area contributed by atoms with Crippen molar-refractivity contribution in [1.82, 2.24) is 10.0 Å². The van der Waals surface area contributed by atoms with Crippen molar-refractivity contribution in [3.05, 3.63) is 93.5 Å². The first-order valence-electron chi connectivity index (χ1n) is 13.7. The molecule has 0 spiro atoms. The van der Waals surface area contributed by atoms with Crippen LogP contribution in [0.1, 0.15) is 45.5 Å². The Kier molecular flexibility index (Phi) is 7.56. The van der Waals surface area contributed by atoms with Crippen LogP contribution in [0.3, 0.4) is 0 Å². The van der Waals surface area contributed by atoms with Gasteiger partial charge in [0.25, 0.3) is 17.7 Å². The lowest BCUT2D eigenvalue weighted by atomic mass is 9.81. The first-order chi connectivity index (χ1) is 20.4. The fourth-order valence-corrected chi connectivity index (χ4v) is 7.67. The van der Waals surface area contributed by atoms with Crippen molar-refractivity contribution in [2.45, 2.75) is 31.1 Å².